The molecule has 1 unspecified atom stereocenters. The maximum atomic E-state index is 12.3. The summed E-state index contributed by atoms with van der Waals surface area (Å²) in [5, 5.41) is 14.9. The van der Waals surface area contributed by atoms with E-state index in [2.05, 4.69) is 20.8 Å². The molecule has 1 aliphatic heterocycles. The molecule has 0 amide bonds. The molecule has 2 heterocycles. The number of hydrogen-bond acceptors (Lipinski definition) is 6. The highest BCUT2D eigenvalue weighted by molar-refractivity contribution is 5.96. The first-order valence-electron chi connectivity index (χ1n) is 8.67. The molecular formula is C20H19N5O2. The molecule has 27 heavy (non-hydrogen) atoms. The first-order valence-corrected chi connectivity index (χ1v) is 8.67. The molecule has 0 saturated heterocycles. The summed E-state index contributed by atoms with van der Waals surface area (Å²) in [6.07, 6.45) is 0. The summed E-state index contributed by atoms with van der Waals surface area (Å²) in [5.74, 6) is 1.21. The average Bonchev–Trinajstić information content (AvgIpc) is 3.14. The molecule has 7 heteroatoms. The van der Waals surface area contributed by atoms with E-state index < -0.39 is 6.04 Å². The summed E-state index contributed by atoms with van der Waals surface area (Å²) in [7, 11) is 0. The van der Waals surface area contributed by atoms with E-state index >= 15 is 0 Å². The van der Waals surface area contributed by atoms with Crippen LogP contribution in [0.25, 0.3) is 0 Å². The number of nitrogens with one attached hydrogen (secondary N) is 1. The second-order valence-electron chi connectivity index (χ2n) is 6.42. The second kappa shape index (κ2) is 7.03. The maximum absolute atomic E-state index is 12.3. The Morgan fingerprint density at radius 3 is 2.78 bits per heavy atom. The van der Waals surface area contributed by atoms with E-state index in [1.807, 2.05) is 61.5 Å². The van der Waals surface area contributed by atoms with Crippen LogP contribution in [0, 0.1) is 0 Å². The van der Waals surface area contributed by atoms with Crippen molar-refractivity contribution in [3.63, 3.8) is 0 Å². The first kappa shape index (κ1) is 17.0. The van der Waals surface area contributed by atoms with Crippen molar-refractivity contribution in [2.75, 3.05) is 5.32 Å². The summed E-state index contributed by atoms with van der Waals surface area (Å²) >= 11 is 0. The number of nitrogens with zero attached hydrogens (tertiary/aromatic N) is 4. The van der Waals surface area contributed by atoms with Crippen LogP contribution in [-0.2, 0) is 11.4 Å². The van der Waals surface area contributed by atoms with E-state index in [1.165, 1.54) is 0 Å². The molecule has 1 aliphatic rings. The van der Waals surface area contributed by atoms with Crippen molar-refractivity contribution in [2.24, 2.45) is 0 Å². The number of carbonyl (C=O) groups excluding carboxylic acids is 1. The van der Waals surface area contributed by atoms with Crippen LogP contribution >= 0.6 is 0 Å². The van der Waals surface area contributed by atoms with E-state index in [4.69, 9.17) is 4.74 Å². The number of carbonyl (C=O) groups is 1. The summed E-state index contributed by atoms with van der Waals surface area (Å²) in [6.45, 7) is 3.89. The normalized spacial score (nSPS) is 15.9. The Morgan fingerprint density at radius 2 is 2.00 bits per heavy atom. The molecule has 136 valence electrons. The van der Waals surface area contributed by atoms with Gasteiger partial charge in [-0.2, -0.15) is 4.68 Å². The van der Waals surface area contributed by atoms with Crippen molar-refractivity contribution >= 4 is 11.7 Å². The van der Waals surface area contributed by atoms with Crippen molar-refractivity contribution < 1.29 is 9.53 Å². The Morgan fingerprint density at radius 1 is 1.19 bits per heavy atom. The Labute approximate surface area is 156 Å². The minimum atomic E-state index is -0.394. The fourth-order valence-corrected chi connectivity index (χ4v) is 3.29. The van der Waals surface area contributed by atoms with Gasteiger partial charge in [-0.15, -0.1) is 0 Å². The lowest BCUT2D eigenvalue weighted by molar-refractivity contribution is -0.114. The van der Waals surface area contributed by atoms with Gasteiger partial charge in [0.05, 0.1) is 0 Å². The average molecular weight is 361 g/mol. The number of allylic oxidation sites excluding steroid dienone is 2. The zero-order valence-electron chi connectivity index (χ0n) is 15.1. The van der Waals surface area contributed by atoms with Crippen LogP contribution in [0.3, 0.4) is 0 Å². The molecular weight excluding hydrogens is 342 g/mol. The van der Waals surface area contributed by atoms with Crippen molar-refractivity contribution in [1.82, 2.24) is 20.2 Å². The number of Topliss-reactive ketones (excluding diaryl/α,β-unsaturated/α-hetero) is 1. The van der Waals surface area contributed by atoms with E-state index in [0.29, 0.717) is 18.1 Å². The number of ether oxygens (including phenoxy) is 1. The van der Waals surface area contributed by atoms with E-state index in [9.17, 15) is 4.79 Å². The van der Waals surface area contributed by atoms with Crippen LogP contribution in [0.2, 0.25) is 0 Å². The van der Waals surface area contributed by atoms with Gasteiger partial charge in [0.2, 0.25) is 5.95 Å². The molecule has 2 aromatic carbocycles. The molecule has 0 spiro atoms. The highest BCUT2D eigenvalue weighted by atomic mass is 16.5. The Hall–Kier alpha value is -3.48. The van der Waals surface area contributed by atoms with Gasteiger partial charge in [0.15, 0.2) is 5.78 Å². The minimum absolute atomic E-state index is 0.0262. The highest BCUT2D eigenvalue weighted by Crippen LogP contribution is 2.35. The van der Waals surface area contributed by atoms with Crippen molar-refractivity contribution in [2.45, 2.75) is 26.5 Å². The van der Waals surface area contributed by atoms with Gasteiger partial charge in [-0.05, 0) is 47.5 Å². The van der Waals surface area contributed by atoms with E-state index in [-0.39, 0.29) is 5.78 Å². The fraction of sp³-hybridized carbons (Fsp3) is 0.200. The zero-order chi connectivity index (χ0) is 18.8. The summed E-state index contributed by atoms with van der Waals surface area (Å²) < 4.78 is 7.56. The third-order valence-electron chi connectivity index (χ3n) is 4.52. The van der Waals surface area contributed by atoms with Crippen LogP contribution in [0.4, 0.5) is 5.95 Å². The van der Waals surface area contributed by atoms with Crippen molar-refractivity contribution in [3.05, 3.63) is 77.0 Å². The summed E-state index contributed by atoms with van der Waals surface area (Å²) in [5.41, 5.74) is 3.37. The van der Waals surface area contributed by atoms with Gasteiger partial charge in [-0.1, -0.05) is 47.6 Å². The van der Waals surface area contributed by atoms with E-state index in [0.717, 1.165) is 22.6 Å². The van der Waals surface area contributed by atoms with Crippen LogP contribution in [0.1, 0.15) is 31.0 Å². The topological polar surface area (TPSA) is 81.9 Å². The summed E-state index contributed by atoms with van der Waals surface area (Å²) in [4.78, 5) is 12.3. The number of rotatable bonds is 5. The number of anilines is 1. The van der Waals surface area contributed by atoms with Gasteiger partial charge < -0.3 is 10.1 Å². The number of aromatic nitrogens is 4. The highest BCUT2D eigenvalue weighted by Gasteiger charge is 2.32. The lowest BCUT2D eigenvalue weighted by Crippen LogP contribution is -2.27. The van der Waals surface area contributed by atoms with Gasteiger partial charge in [0.1, 0.15) is 18.4 Å². The first-order chi connectivity index (χ1) is 13.1. The number of benzene rings is 2. The van der Waals surface area contributed by atoms with Gasteiger partial charge >= 0.3 is 0 Å². The predicted octanol–water partition coefficient (Wildman–Crippen LogP) is 3.13. The van der Waals surface area contributed by atoms with Crippen LogP contribution in [-0.4, -0.2) is 26.0 Å². The molecule has 0 radical (unpaired) electrons. The third-order valence-corrected chi connectivity index (χ3v) is 4.52. The number of tetrazole rings is 1. The third kappa shape index (κ3) is 3.31. The molecule has 0 aliphatic carbocycles. The monoisotopic (exact) mass is 361 g/mol. The predicted molar refractivity (Wildman–Crippen MR) is 100 cm³/mol. The van der Waals surface area contributed by atoms with Gasteiger partial charge in [0, 0.05) is 11.3 Å². The fourth-order valence-electron chi connectivity index (χ4n) is 3.29. The number of ketones is 1. The van der Waals surface area contributed by atoms with Crippen LogP contribution in [0.5, 0.6) is 5.75 Å². The molecule has 4 rings (SSSR count). The molecule has 3 aromatic rings. The molecule has 1 N–H and O–H groups in total. The molecule has 0 bridgehead atoms. The minimum Gasteiger partial charge on any atom is -0.489 e. The standard InChI is InChI=1S/C20H19N5O2/c1-13-18(14(2)26)19(25-20(21-13)22-23-24-25)16-9-6-10-17(11-16)27-12-15-7-4-3-5-8-15/h3-11,19H,12H2,1-2H3,(H,21,22,24). The van der Waals surface area contributed by atoms with Crippen molar-refractivity contribution in [3.8, 4) is 5.75 Å². The van der Waals surface area contributed by atoms with Crippen LogP contribution in [0.15, 0.2) is 65.9 Å². The smallest absolute Gasteiger partial charge is 0.248 e. The summed E-state index contributed by atoms with van der Waals surface area (Å²) in [6, 6.07) is 17.3. The number of hydrogen-bond donors (Lipinski definition) is 1. The lowest BCUT2D eigenvalue weighted by atomic mass is 9.93. The van der Waals surface area contributed by atoms with Gasteiger partial charge in [-0.25, -0.2) is 0 Å². The molecule has 7 nitrogen and oxygen atoms in total. The van der Waals surface area contributed by atoms with Gasteiger partial charge in [0.25, 0.3) is 0 Å². The maximum Gasteiger partial charge on any atom is 0.248 e. The Kier molecular flexibility index (Phi) is 4.42. The molecule has 1 aromatic heterocycles. The molecule has 0 fully saturated rings. The van der Waals surface area contributed by atoms with E-state index in [1.54, 1.807) is 11.6 Å². The van der Waals surface area contributed by atoms with Crippen LogP contribution < -0.4 is 10.1 Å². The molecule has 1 atom stereocenters. The lowest BCUT2D eigenvalue weighted by Gasteiger charge is -2.27. The van der Waals surface area contributed by atoms with Gasteiger partial charge in [-0.3, -0.25) is 4.79 Å². The Balaban J connectivity index is 1.67. The van der Waals surface area contributed by atoms with Crippen molar-refractivity contribution in [1.29, 1.82) is 0 Å². The zero-order valence-corrected chi connectivity index (χ0v) is 15.1. The second-order valence-corrected chi connectivity index (χ2v) is 6.42. The largest absolute Gasteiger partial charge is 0.489 e. The Bertz CT molecular complexity index is 1010. The quantitative estimate of drug-likeness (QED) is 0.752. The SMILES string of the molecule is CC(=O)C1=C(C)Nc2nnnn2C1c1cccc(OCc2ccccc2)c1. The number of fused-ring (bicyclic) bond motifs is 1. The molecule has 0 saturated carbocycles.